The van der Waals surface area contributed by atoms with E-state index in [1.165, 1.54) is 42.0 Å². The first kappa shape index (κ1) is 11.5. The zero-order chi connectivity index (χ0) is 8.55. The van der Waals surface area contributed by atoms with Gasteiger partial charge in [0.25, 0.3) is 0 Å². The topological polar surface area (TPSA) is 0 Å². The Morgan fingerprint density at radius 3 is 2.69 bits per heavy atom. The molecule has 2 aliphatic rings. The van der Waals surface area contributed by atoms with Crippen molar-refractivity contribution >= 4 is 10.2 Å². The zero-order valence-electron chi connectivity index (χ0n) is 8.61. The van der Waals surface area contributed by atoms with Gasteiger partial charge in [-0.2, -0.15) is 5.57 Å². The van der Waals surface area contributed by atoms with Crippen LogP contribution in [0.4, 0.5) is 0 Å². The van der Waals surface area contributed by atoms with Gasteiger partial charge < -0.3 is 0 Å². The van der Waals surface area contributed by atoms with E-state index in [2.05, 4.69) is 13.0 Å². The van der Waals surface area contributed by atoms with Crippen LogP contribution in [-0.2, 0) is 21.7 Å². The van der Waals surface area contributed by atoms with Crippen molar-refractivity contribution in [3.8, 4) is 0 Å². The summed E-state index contributed by atoms with van der Waals surface area (Å²) in [6, 6.07) is 1.33. The molecular formula is C11H17SiTi-. The van der Waals surface area contributed by atoms with Crippen molar-refractivity contribution in [2.24, 2.45) is 5.92 Å². The molecule has 0 nitrogen and oxygen atoms in total. The molecule has 2 heteroatoms. The van der Waals surface area contributed by atoms with Gasteiger partial charge >= 0.3 is 0 Å². The van der Waals surface area contributed by atoms with Crippen LogP contribution in [-0.4, -0.2) is 10.2 Å². The Hall–Kier alpha value is 0.411. The fourth-order valence-electron chi connectivity index (χ4n) is 2.46. The summed E-state index contributed by atoms with van der Waals surface area (Å²) >= 11 is 0. The maximum atomic E-state index is 3.62. The Kier molecular flexibility index (Phi) is 4.21. The number of allylic oxidation sites excluding steroid dienone is 4. The van der Waals surface area contributed by atoms with Crippen molar-refractivity contribution in [2.45, 2.75) is 38.7 Å². The average molecular weight is 225 g/mol. The largest absolute Gasteiger partial charge is 0.249 e. The second-order valence-corrected chi connectivity index (χ2v) is 4.64. The molecule has 0 saturated carbocycles. The molecule has 0 aliphatic heterocycles. The molecule has 0 bridgehead atoms. The Bertz CT molecular complexity index is 253. The summed E-state index contributed by atoms with van der Waals surface area (Å²) in [6.45, 7) is 2.37. The molecule has 0 aromatic heterocycles. The van der Waals surface area contributed by atoms with Crippen LogP contribution >= 0.6 is 0 Å². The van der Waals surface area contributed by atoms with Gasteiger partial charge in [-0.05, 0) is 0 Å². The average Bonchev–Trinajstić information content (AvgIpc) is 2.44. The van der Waals surface area contributed by atoms with E-state index < -0.39 is 0 Å². The van der Waals surface area contributed by atoms with Gasteiger partial charge in [0.15, 0.2) is 0 Å². The quantitative estimate of drug-likeness (QED) is 0.473. The molecule has 2 rings (SSSR count). The maximum absolute atomic E-state index is 3.62. The van der Waals surface area contributed by atoms with Gasteiger partial charge in [-0.15, -0.1) is 0 Å². The van der Waals surface area contributed by atoms with Crippen LogP contribution in [0.2, 0.25) is 6.04 Å². The molecule has 1 unspecified atom stereocenters. The smallest absolute Gasteiger partial charge is 0.00588 e. The van der Waals surface area contributed by atoms with E-state index in [1.807, 2.05) is 0 Å². The Balaban J connectivity index is 0.000000845. The van der Waals surface area contributed by atoms with Crippen LogP contribution in [0.5, 0.6) is 0 Å². The van der Waals surface area contributed by atoms with Crippen molar-refractivity contribution in [3.63, 3.8) is 0 Å². The fraction of sp³-hybridized carbons (Fsp3) is 0.636. The molecule has 0 radical (unpaired) electrons. The predicted molar refractivity (Wildman–Crippen MR) is 56.2 cm³/mol. The number of rotatable bonds is 1. The van der Waals surface area contributed by atoms with Crippen molar-refractivity contribution in [2.75, 3.05) is 0 Å². The Morgan fingerprint density at radius 1 is 1.38 bits per heavy atom. The van der Waals surface area contributed by atoms with Gasteiger partial charge in [0.1, 0.15) is 0 Å². The molecule has 0 amide bonds. The summed E-state index contributed by atoms with van der Waals surface area (Å²) in [4.78, 5) is 0. The second kappa shape index (κ2) is 4.77. The van der Waals surface area contributed by atoms with Crippen molar-refractivity contribution in [3.05, 3.63) is 22.8 Å². The number of hydrogen-bond donors (Lipinski definition) is 0. The summed E-state index contributed by atoms with van der Waals surface area (Å²) in [5.74, 6) is 0.762. The Labute approximate surface area is 99.2 Å². The van der Waals surface area contributed by atoms with E-state index in [9.17, 15) is 0 Å². The van der Waals surface area contributed by atoms with Gasteiger partial charge in [0, 0.05) is 32.0 Å². The van der Waals surface area contributed by atoms with E-state index in [0.717, 1.165) is 5.92 Å². The van der Waals surface area contributed by atoms with Gasteiger partial charge in [-0.25, -0.2) is 17.2 Å². The minimum atomic E-state index is 0. The summed E-state index contributed by atoms with van der Waals surface area (Å²) in [5.41, 5.74) is 4.92. The first-order chi connectivity index (χ1) is 5.83. The monoisotopic (exact) mass is 225 g/mol. The van der Waals surface area contributed by atoms with Crippen molar-refractivity contribution in [1.29, 1.82) is 0 Å². The van der Waals surface area contributed by atoms with E-state index in [4.69, 9.17) is 0 Å². The predicted octanol–water partition coefficient (Wildman–Crippen LogP) is 2.02. The molecule has 0 N–H and O–H groups in total. The maximum Gasteiger partial charge on any atom is 0.00588 e. The normalized spacial score (nSPS) is 26.8. The number of hydrogen-bond acceptors (Lipinski definition) is 0. The molecule has 2 aliphatic carbocycles. The van der Waals surface area contributed by atoms with Crippen molar-refractivity contribution in [1.82, 2.24) is 0 Å². The minimum Gasteiger partial charge on any atom is -0.249 e. The van der Waals surface area contributed by atoms with Gasteiger partial charge in [-0.3, -0.25) is 0 Å². The first-order valence-electron chi connectivity index (χ1n) is 5.17. The molecule has 70 valence electrons. The molecule has 1 atom stereocenters. The fourth-order valence-corrected chi connectivity index (χ4v) is 3.25. The Morgan fingerprint density at radius 2 is 2.08 bits per heavy atom. The SMILES string of the molecule is CC1C(C[SiH3])=[C-]C2=C1CCCC2.[Ti]. The zero-order valence-corrected chi connectivity index (χ0v) is 12.2. The summed E-state index contributed by atoms with van der Waals surface area (Å²) in [7, 11) is 1.30. The first-order valence-corrected chi connectivity index (χ1v) is 6.59. The van der Waals surface area contributed by atoms with Crippen LogP contribution in [0.15, 0.2) is 16.7 Å². The van der Waals surface area contributed by atoms with Crippen LogP contribution in [0.3, 0.4) is 0 Å². The van der Waals surface area contributed by atoms with E-state index in [0.29, 0.717) is 0 Å². The third-order valence-electron chi connectivity index (χ3n) is 3.25. The van der Waals surface area contributed by atoms with Crippen LogP contribution in [0.25, 0.3) is 0 Å². The molecule has 0 heterocycles. The van der Waals surface area contributed by atoms with Gasteiger partial charge in [0.2, 0.25) is 0 Å². The van der Waals surface area contributed by atoms with Gasteiger partial charge in [-0.1, -0.05) is 44.6 Å². The standard InChI is InChI=1S/C11H17Si.Ti/c1-8-10(7-12)6-9-4-2-3-5-11(8)9;/h8H,2-5,7H2,1,12H3;/q-1;. The van der Waals surface area contributed by atoms with E-state index >= 15 is 0 Å². The summed E-state index contributed by atoms with van der Waals surface area (Å²) in [5, 5.41) is 0. The van der Waals surface area contributed by atoms with Crippen LogP contribution in [0, 0.1) is 12.0 Å². The third kappa shape index (κ3) is 2.08. The third-order valence-corrected chi connectivity index (χ3v) is 4.01. The summed E-state index contributed by atoms with van der Waals surface area (Å²) < 4.78 is 0. The van der Waals surface area contributed by atoms with Crippen LogP contribution in [0.1, 0.15) is 32.6 Å². The molecule has 0 aromatic carbocycles. The molecule has 0 fully saturated rings. The second-order valence-electron chi connectivity index (χ2n) is 3.94. The van der Waals surface area contributed by atoms with Gasteiger partial charge in [0.05, 0.1) is 0 Å². The van der Waals surface area contributed by atoms with E-state index in [-0.39, 0.29) is 21.7 Å². The summed E-state index contributed by atoms with van der Waals surface area (Å²) in [6.07, 6.45) is 9.10. The molecule has 13 heavy (non-hydrogen) atoms. The van der Waals surface area contributed by atoms with Crippen molar-refractivity contribution < 1.29 is 21.7 Å². The van der Waals surface area contributed by atoms with E-state index in [1.54, 1.807) is 16.7 Å². The molecule has 0 saturated heterocycles. The molecular weight excluding hydrogens is 208 g/mol. The minimum absolute atomic E-state index is 0. The van der Waals surface area contributed by atoms with Crippen LogP contribution < -0.4 is 0 Å². The molecule has 0 spiro atoms. The molecule has 0 aromatic rings.